The Morgan fingerprint density at radius 2 is 1.08 bits per heavy atom. The van der Waals surface area contributed by atoms with E-state index in [2.05, 4.69) is 39.5 Å². The number of carbonyl (C=O) groups excluding carboxylic acids is 2. The lowest BCUT2D eigenvalue weighted by atomic mass is 10.5. The van der Waals surface area contributed by atoms with E-state index in [0.717, 1.165) is 12.2 Å². The van der Waals surface area contributed by atoms with Gasteiger partial charge in [-0.05, 0) is 12.2 Å². The monoisotopic (exact) mass is 181 g/mol. The molecule has 0 rings (SSSR count). The van der Waals surface area contributed by atoms with E-state index < -0.39 is 11.8 Å². The summed E-state index contributed by atoms with van der Waals surface area (Å²) in [7, 11) is 0. The molecule has 13 heavy (non-hydrogen) atoms. The van der Waals surface area contributed by atoms with Crippen molar-refractivity contribution in [1.29, 1.82) is 0 Å². The third kappa shape index (κ3) is 17.8. The van der Waals surface area contributed by atoms with Gasteiger partial charge in [0, 0.05) is 0 Å². The Balaban J connectivity index is -0.000000218. The predicted octanol–water partition coefficient (Wildman–Crippen LogP) is 1.61. The van der Waals surface area contributed by atoms with Crippen LogP contribution in [0.25, 0.3) is 0 Å². The van der Waals surface area contributed by atoms with Gasteiger partial charge in [0.05, 0.1) is 0 Å². The zero-order valence-electron chi connectivity index (χ0n) is 7.71. The Morgan fingerprint density at radius 1 is 0.846 bits per heavy atom. The van der Waals surface area contributed by atoms with E-state index >= 15 is 0 Å². The van der Waals surface area contributed by atoms with Crippen molar-refractivity contribution in [2.75, 3.05) is 0 Å². The van der Waals surface area contributed by atoms with Crippen molar-refractivity contribution in [3.05, 3.63) is 51.6 Å². The first-order valence-electron chi connectivity index (χ1n) is 3.30. The lowest BCUT2D eigenvalue weighted by Gasteiger charge is -1.91. The van der Waals surface area contributed by atoms with Crippen molar-refractivity contribution in [2.24, 2.45) is 0 Å². The number of imide groups is 1. The molecular formula is C10H15NO2. The molecule has 0 aromatic heterocycles. The minimum atomic E-state index is -0.514. The van der Waals surface area contributed by atoms with Crippen molar-refractivity contribution in [1.82, 2.24) is 5.32 Å². The van der Waals surface area contributed by atoms with Crippen LogP contribution in [0.4, 0.5) is 0 Å². The maximum absolute atomic E-state index is 10.3. The molecule has 1 N–H and O–H groups in total. The van der Waals surface area contributed by atoms with Gasteiger partial charge < -0.3 is 0 Å². The molecule has 0 heterocycles. The third-order valence-corrected chi connectivity index (χ3v) is 0.617. The van der Waals surface area contributed by atoms with Gasteiger partial charge in [-0.1, -0.05) is 13.2 Å². The fraction of sp³-hybridized carbons (Fsp3) is 0. The minimum absolute atomic E-state index is 0.514. The van der Waals surface area contributed by atoms with Crippen LogP contribution in [0.5, 0.6) is 0 Å². The summed E-state index contributed by atoms with van der Waals surface area (Å²) in [5.41, 5.74) is 0. The quantitative estimate of drug-likeness (QED) is 0.519. The summed E-state index contributed by atoms with van der Waals surface area (Å²) >= 11 is 0. The molecule has 0 aromatic carbocycles. The summed E-state index contributed by atoms with van der Waals surface area (Å²) in [6.07, 6.45) is 2.03. The molecule has 0 fully saturated rings. The van der Waals surface area contributed by atoms with Gasteiger partial charge in [-0.15, -0.1) is 26.3 Å². The first kappa shape index (κ1) is 17.3. The molecule has 3 nitrogen and oxygen atoms in total. The summed E-state index contributed by atoms with van der Waals surface area (Å²) in [6, 6.07) is 0. The van der Waals surface area contributed by atoms with E-state index in [0.29, 0.717) is 0 Å². The highest BCUT2D eigenvalue weighted by atomic mass is 16.2. The van der Waals surface area contributed by atoms with Crippen molar-refractivity contribution in [2.45, 2.75) is 0 Å². The Labute approximate surface area is 79.1 Å². The summed E-state index contributed by atoms with van der Waals surface area (Å²) in [4.78, 5) is 20.6. The van der Waals surface area contributed by atoms with E-state index in [1.165, 1.54) is 0 Å². The lowest BCUT2D eigenvalue weighted by Crippen LogP contribution is -2.26. The highest BCUT2D eigenvalue weighted by Gasteiger charge is 1.96. The van der Waals surface area contributed by atoms with Gasteiger partial charge in [-0.3, -0.25) is 14.9 Å². The molecule has 0 radical (unpaired) electrons. The van der Waals surface area contributed by atoms with Gasteiger partial charge >= 0.3 is 0 Å². The van der Waals surface area contributed by atoms with E-state index in [9.17, 15) is 9.59 Å². The second kappa shape index (κ2) is 16.6. The average molecular weight is 181 g/mol. The van der Waals surface area contributed by atoms with Crippen LogP contribution in [-0.4, -0.2) is 11.8 Å². The van der Waals surface area contributed by atoms with Gasteiger partial charge in [0.25, 0.3) is 0 Å². The molecule has 0 aliphatic rings. The summed E-state index contributed by atoms with van der Waals surface area (Å²) in [5.74, 6) is -1.03. The van der Waals surface area contributed by atoms with E-state index in [1.807, 2.05) is 5.32 Å². The number of nitrogens with one attached hydrogen (secondary N) is 1. The van der Waals surface area contributed by atoms with Crippen molar-refractivity contribution < 1.29 is 9.59 Å². The molecule has 0 bridgehead atoms. The SMILES string of the molecule is C=C.C=C.C=CC(=O)NC(=O)C=C. The number of carbonyl (C=O) groups is 2. The third-order valence-electron chi connectivity index (χ3n) is 0.617. The first-order chi connectivity index (χ1) is 6.20. The largest absolute Gasteiger partial charge is 0.289 e. The molecule has 72 valence electrons. The van der Waals surface area contributed by atoms with Crippen LogP contribution in [-0.2, 0) is 9.59 Å². The Bertz CT molecular complexity index is 165. The van der Waals surface area contributed by atoms with Gasteiger partial charge in [0.1, 0.15) is 0 Å². The Morgan fingerprint density at radius 3 is 1.23 bits per heavy atom. The normalized spacial score (nSPS) is 5.85. The topological polar surface area (TPSA) is 46.2 Å². The summed E-state index contributed by atoms with van der Waals surface area (Å²) in [5, 5.41) is 1.97. The maximum atomic E-state index is 10.3. The van der Waals surface area contributed by atoms with Crippen LogP contribution in [0.1, 0.15) is 0 Å². The standard InChI is InChI=1S/C6H7NO2.2C2H4/c1-3-5(8)7-6(9)4-2;2*1-2/h3-4H,1-2H2,(H,7,8,9);2*1-2H2. The van der Waals surface area contributed by atoms with Crippen LogP contribution in [0.2, 0.25) is 0 Å². The fourth-order valence-electron chi connectivity index (χ4n) is 0.223. The van der Waals surface area contributed by atoms with Gasteiger partial charge in [0.2, 0.25) is 11.8 Å². The second-order valence-corrected chi connectivity index (χ2v) is 1.26. The zero-order chi connectivity index (χ0) is 11.3. The Kier molecular flexibility index (Phi) is 22.0. The highest BCUT2D eigenvalue weighted by molar-refractivity contribution is 6.04. The van der Waals surface area contributed by atoms with E-state index in [-0.39, 0.29) is 0 Å². The molecule has 0 unspecified atom stereocenters. The molecule has 0 aromatic rings. The van der Waals surface area contributed by atoms with E-state index in [4.69, 9.17) is 0 Å². The molecule has 0 saturated carbocycles. The number of hydrogen-bond donors (Lipinski definition) is 1. The van der Waals surface area contributed by atoms with Crippen LogP contribution in [0.3, 0.4) is 0 Å². The molecule has 0 spiro atoms. The summed E-state index contributed by atoms with van der Waals surface area (Å²) in [6.45, 7) is 18.3. The van der Waals surface area contributed by atoms with Crippen molar-refractivity contribution in [3.63, 3.8) is 0 Å². The first-order valence-corrected chi connectivity index (χ1v) is 3.30. The number of rotatable bonds is 2. The molecule has 0 saturated heterocycles. The molecule has 3 heteroatoms. The number of amides is 2. The maximum Gasteiger partial charge on any atom is 0.250 e. The van der Waals surface area contributed by atoms with Crippen molar-refractivity contribution in [3.8, 4) is 0 Å². The van der Waals surface area contributed by atoms with Crippen LogP contribution >= 0.6 is 0 Å². The number of hydrogen-bond acceptors (Lipinski definition) is 2. The Hall–Kier alpha value is -1.90. The lowest BCUT2D eigenvalue weighted by molar-refractivity contribution is -0.125. The summed E-state index contributed by atoms with van der Waals surface area (Å²) < 4.78 is 0. The zero-order valence-corrected chi connectivity index (χ0v) is 7.71. The smallest absolute Gasteiger partial charge is 0.250 e. The van der Waals surface area contributed by atoms with Gasteiger partial charge in [0.15, 0.2) is 0 Å². The molecule has 2 amide bonds. The fourth-order valence-corrected chi connectivity index (χ4v) is 0.223. The second-order valence-electron chi connectivity index (χ2n) is 1.26. The molecule has 0 aliphatic carbocycles. The molecule has 0 aliphatic heterocycles. The van der Waals surface area contributed by atoms with E-state index in [1.54, 1.807) is 0 Å². The highest BCUT2D eigenvalue weighted by Crippen LogP contribution is 1.68. The van der Waals surface area contributed by atoms with Crippen LogP contribution in [0, 0.1) is 0 Å². The predicted molar refractivity (Wildman–Crippen MR) is 56.1 cm³/mol. The minimum Gasteiger partial charge on any atom is -0.289 e. The molecule has 0 atom stereocenters. The average Bonchev–Trinajstić information content (AvgIpc) is 2.23. The van der Waals surface area contributed by atoms with Crippen LogP contribution in [0.15, 0.2) is 51.6 Å². The van der Waals surface area contributed by atoms with Gasteiger partial charge in [-0.25, -0.2) is 0 Å². The van der Waals surface area contributed by atoms with Crippen LogP contribution < -0.4 is 5.32 Å². The molecular weight excluding hydrogens is 166 g/mol. The van der Waals surface area contributed by atoms with Gasteiger partial charge in [-0.2, -0.15) is 0 Å². The van der Waals surface area contributed by atoms with Crippen molar-refractivity contribution >= 4 is 11.8 Å².